The van der Waals surface area contributed by atoms with Crippen molar-refractivity contribution in [3.8, 4) is 0 Å². The lowest BCUT2D eigenvalue weighted by Crippen LogP contribution is -2.63. The van der Waals surface area contributed by atoms with Crippen LogP contribution in [0.3, 0.4) is 0 Å². The molecule has 0 saturated carbocycles. The van der Waals surface area contributed by atoms with Gasteiger partial charge in [-0.2, -0.15) is 0 Å². The summed E-state index contributed by atoms with van der Waals surface area (Å²) in [5.74, 6) is 0. The standard InChI is InChI=1S/C10H22N2/c1-9(2,3)12-7-6-11-8-10(12,4)5/h11H,6-8H2,1-5H3. The topological polar surface area (TPSA) is 15.3 Å². The molecule has 0 aromatic carbocycles. The Balaban J connectivity index is 2.73. The summed E-state index contributed by atoms with van der Waals surface area (Å²) in [4.78, 5) is 2.58. The minimum atomic E-state index is 0.297. The predicted octanol–water partition coefficient (Wildman–Crippen LogP) is 1.47. The van der Waals surface area contributed by atoms with Crippen molar-refractivity contribution < 1.29 is 0 Å². The van der Waals surface area contributed by atoms with E-state index in [9.17, 15) is 0 Å². The Kier molecular flexibility index (Phi) is 2.50. The van der Waals surface area contributed by atoms with Crippen LogP contribution in [0, 0.1) is 0 Å². The van der Waals surface area contributed by atoms with Gasteiger partial charge < -0.3 is 5.32 Å². The fourth-order valence-electron chi connectivity index (χ4n) is 2.23. The average molecular weight is 170 g/mol. The van der Waals surface area contributed by atoms with Crippen LogP contribution in [0.2, 0.25) is 0 Å². The molecular weight excluding hydrogens is 148 g/mol. The molecule has 1 fully saturated rings. The smallest absolute Gasteiger partial charge is 0.0283 e. The van der Waals surface area contributed by atoms with Crippen LogP contribution in [0.4, 0.5) is 0 Å². The molecule has 0 atom stereocenters. The Bertz CT molecular complexity index is 156. The van der Waals surface area contributed by atoms with Crippen molar-refractivity contribution in [1.29, 1.82) is 0 Å². The molecule has 0 amide bonds. The monoisotopic (exact) mass is 170 g/mol. The van der Waals surface area contributed by atoms with Gasteiger partial charge in [-0.1, -0.05) is 0 Å². The van der Waals surface area contributed by atoms with E-state index in [0.717, 1.165) is 19.6 Å². The highest BCUT2D eigenvalue weighted by Crippen LogP contribution is 2.25. The molecular formula is C10H22N2. The number of nitrogens with zero attached hydrogens (tertiary/aromatic N) is 1. The largest absolute Gasteiger partial charge is 0.314 e. The molecule has 1 heterocycles. The first-order chi connectivity index (χ1) is 5.34. The van der Waals surface area contributed by atoms with Gasteiger partial charge in [0.15, 0.2) is 0 Å². The van der Waals surface area contributed by atoms with Crippen LogP contribution in [0.1, 0.15) is 34.6 Å². The Morgan fingerprint density at radius 1 is 1.25 bits per heavy atom. The zero-order valence-corrected chi connectivity index (χ0v) is 9.07. The van der Waals surface area contributed by atoms with E-state index in [1.807, 2.05) is 0 Å². The Morgan fingerprint density at radius 2 is 1.83 bits per heavy atom. The van der Waals surface area contributed by atoms with E-state index >= 15 is 0 Å². The first-order valence-corrected chi connectivity index (χ1v) is 4.82. The maximum absolute atomic E-state index is 3.44. The van der Waals surface area contributed by atoms with E-state index in [1.165, 1.54) is 0 Å². The zero-order valence-electron chi connectivity index (χ0n) is 9.07. The highest BCUT2D eigenvalue weighted by Gasteiger charge is 2.36. The SMILES string of the molecule is CC(C)(C)N1CCNCC1(C)C. The average Bonchev–Trinajstić information content (AvgIpc) is 1.83. The van der Waals surface area contributed by atoms with Gasteiger partial charge in [0, 0.05) is 30.7 Å². The molecule has 0 aromatic rings. The Morgan fingerprint density at radius 3 is 2.17 bits per heavy atom. The summed E-state index contributed by atoms with van der Waals surface area (Å²) in [5, 5.41) is 3.44. The highest BCUT2D eigenvalue weighted by atomic mass is 15.3. The maximum Gasteiger partial charge on any atom is 0.0283 e. The van der Waals surface area contributed by atoms with Gasteiger partial charge in [-0.25, -0.2) is 0 Å². The molecule has 0 aromatic heterocycles. The Hall–Kier alpha value is -0.0800. The quantitative estimate of drug-likeness (QED) is 0.592. The zero-order chi connectivity index (χ0) is 9.41. The van der Waals surface area contributed by atoms with Crippen molar-refractivity contribution in [3.63, 3.8) is 0 Å². The van der Waals surface area contributed by atoms with Crippen molar-refractivity contribution in [2.75, 3.05) is 19.6 Å². The molecule has 1 N–H and O–H groups in total. The van der Waals surface area contributed by atoms with Gasteiger partial charge in [0.1, 0.15) is 0 Å². The molecule has 0 unspecified atom stereocenters. The number of hydrogen-bond donors (Lipinski definition) is 1. The number of nitrogens with one attached hydrogen (secondary N) is 1. The molecule has 72 valence electrons. The molecule has 0 radical (unpaired) electrons. The summed E-state index contributed by atoms with van der Waals surface area (Å²) >= 11 is 0. The summed E-state index contributed by atoms with van der Waals surface area (Å²) in [7, 11) is 0. The second-order valence-electron chi connectivity index (χ2n) is 5.31. The second kappa shape index (κ2) is 3.00. The molecule has 12 heavy (non-hydrogen) atoms. The van der Waals surface area contributed by atoms with Crippen LogP contribution in [-0.4, -0.2) is 35.6 Å². The van der Waals surface area contributed by atoms with Crippen molar-refractivity contribution in [2.24, 2.45) is 0 Å². The number of hydrogen-bond acceptors (Lipinski definition) is 2. The summed E-state index contributed by atoms with van der Waals surface area (Å²) in [5.41, 5.74) is 0.599. The minimum absolute atomic E-state index is 0.297. The van der Waals surface area contributed by atoms with Crippen molar-refractivity contribution in [3.05, 3.63) is 0 Å². The minimum Gasteiger partial charge on any atom is -0.314 e. The molecule has 1 aliphatic heterocycles. The van der Waals surface area contributed by atoms with Crippen LogP contribution in [0.25, 0.3) is 0 Å². The van der Waals surface area contributed by atoms with Gasteiger partial charge in [-0.3, -0.25) is 4.90 Å². The molecule has 2 nitrogen and oxygen atoms in total. The summed E-state index contributed by atoms with van der Waals surface area (Å²) in [6.45, 7) is 14.9. The predicted molar refractivity (Wildman–Crippen MR) is 53.4 cm³/mol. The molecule has 0 aliphatic carbocycles. The molecule has 1 rings (SSSR count). The molecule has 0 spiro atoms. The third-order valence-electron chi connectivity index (χ3n) is 2.61. The van der Waals surface area contributed by atoms with Crippen LogP contribution in [-0.2, 0) is 0 Å². The van der Waals surface area contributed by atoms with Crippen LogP contribution in [0.5, 0.6) is 0 Å². The summed E-state index contributed by atoms with van der Waals surface area (Å²) in [6.07, 6.45) is 0. The van der Waals surface area contributed by atoms with Gasteiger partial charge in [0.25, 0.3) is 0 Å². The van der Waals surface area contributed by atoms with E-state index in [4.69, 9.17) is 0 Å². The van der Waals surface area contributed by atoms with E-state index in [1.54, 1.807) is 0 Å². The lowest BCUT2D eigenvalue weighted by Gasteiger charge is -2.50. The van der Waals surface area contributed by atoms with Crippen molar-refractivity contribution >= 4 is 0 Å². The van der Waals surface area contributed by atoms with Gasteiger partial charge in [-0.05, 0) is 34.6 Å². The number of rotatable bonds is 0. The molecule has 0 bridgehead atoms. The maximum atomic E-state index is 3.44. The van der Waals surface area contributed by atoms with Crippen LogP contribution >= 0.6 is 0 Å². The third kappa shape index (κ3) is 1.99. The van der Waals surface area contributed by atoms with Gasteiger partial charge in [0.05, 0.1) is 0 Å². The number of piperazine rings is 1. The van der Waals surface area contributed by atoms with Crippen LogP contribution in [0.15, 0.2) is 0 Å². The van der Waals surface area contributed by atoms with E-state index in [2.05, 4.69) is 44.8 Å². The first kappa shape index (κ1) is 10.0. The summed E-state index contributed by atoms with van der Waals surface area (Å²) in [6, 6.07) is 0. The van der Waals surface area contributed by atoms with Crippen molar-refractivity contribution in [2.45, 2.75) is 45.7 Å². The van der Waals surface area contributed by atoms with E-state index in [-0.39, 0.29) is 0 Å². The normalized spacial score (nSPS) is 25.8. The lowest BCUT2D eigenvalue weighted by molar-refractivity contribution is 0.00804. The van der Waals surface area contributed by atoms with E-state index < -0.39 is 0 Å². The van der Waals surface area contributed by atoms with Gasteiger partial charge >= 0.3 is 0 Å². The second-order valence-corrected chi connectivity index (χ2v) is 5.31. The van der Waals surface area contributed by atoms with Gasteiger partial charge in [0.2, 0.25) is 0 Å². The van der Waals surface area contributed by atoms with E-state index in [0.29, 0.717) is 11.1 Å². The fourth-order valence-corrected chi connectivity index (χ4v) is 2.23. The molecule has 1 saturated heterocycles. The van der Waals surface area contributed by atoms with Crippen LogP contribution < -0.4 is 5.32 Å². The Labute approximate surface area is 76.3 Å². The first-order valence-electron chi connectivity index (χ1n) is 4.82. The van der Waals surface area contributed by atoms with Crippen molar-refractivity contribution in [1.82, 2.24) is 10.2 Å². The fraction of sp³-hybridized carbons (Fsp3) is 1.00. The third-order valence-corrected chi connectivity index (χ3v) is 2.61. The lowest BCUT2D eigenvalue weighted by atomic mass is 9.92. The van der Waals surface area contributed by atoms with Gasteiger partial charge in [-0.15, -0.1) is 0 Å². The molecule has 1 aliphatic rings. The molecule has 2 heteroatoms. The highest BCUT2D eigenvalue weighted by molar-refractivity contribution is 4.94. The summed E-state index contributed by atoms with van der Waals surface area (Å²) < 4.78 is 0.